The van der Waals surface area contributed by atoms with Crippen LogP contribution in [0.15, 0.2) is 71.8 Å². The van der Waals surface area contributed by atoms with E-state index in [1.165, 1.54) is 66.3 Å². The van der Waals surface area contributed by atoms with Crippen molar-refractivity contribution in [3.63, 3.8) is 0 Å². The van der Waals surface area contributed by atoms with Crippen LogP contribution in [0.25, 0.3) is 10.9 Å². The van der Waals surface area contributed by atoms with Crippen molar-refractivity contribution in [1.29, 1.82) is 0 Å². The molecular weight excluding hydrogens is 605 g/mol. The minimum Gasteiger partial charge on any atom is -0.436 e. The molecule has 4 aromatic rings. The minimum absolute atomic E-state index is 0.0141. The molecule has 2 aromatic heterocycles. The number of ether oxygens (including phenoxy) is 1. The Balaban J connectivity index is 1.60. The Labute approximate surface area is 262 Å². The molecule has 11 nitrogen and oxygen atoms in total. The second kappa shape index (κ2) is 14.6. The van der Waals surface area contributed by atoms with Crippen LogP contribution in [0.2, 0.25) is 0 Å². The molecular formula is C32H33F3N6O5. The molecule has 0 saturated carbocycles. The van der Waals surface area contributed by atoms with Gasteiger partial charge in [-0.05, 0) is 49.2 Å². The normalized spacial score (nSPS) is 11.9. The maximum absolute atomic E-state index is 14.6. The Morgan fingerprint density at radius 1 is 0.978 bits per heavy atom. The van der Waals surface area contributed by atoms with E-state index in [1.807, 2.05) is 0 Å². The van der Waals surface area contributed by atoms with Crippen LogP contribution < -0.4 is 10.9 Å². The number of carbonyl (C=O) groups is 3. The van der Waals surface area contributed by atoms with E-state index in [9.17, 15) is 32.3 Å². The van der Waals surface area contributed by atoms with Crippen LogP contribution in [-0.2, 0) is 27.4 Å². The Hall–Kier alpha value is -5.40. The first-order chi connectivity index (χ1) is 21.8. The molecule has 0 aliphatic heterocycles. The molecule has 14 heteroatoms. The third-order valence-corrected chi connectivity index (χ3v) is 6.98. The smallest absolute Gasteiger partial charge is 0.410 e. The lowest BCUT2D eigenvalue weighted by Crippen LogP contribution is -2.38. The average molecular weight is 639 g/mol. The number of nitrogens with one attached hydrogen (secondary N) is 1. The van der Waals surface area contributed by atoms with Gasteiger partial charge < -0.3 is 29.0 Å². The molecule has 0 radical (unpaired) electrons. The highest BCUT2D eigenvalue weighted by molar-refractivity contribution is 5.94. The van der Waals surface area contributed by atoms with E-state index in [2.05, 4.69) is 10.3 Å². The summed E-state index contributed by atoms with van der Waals surface area (Å²) in [6.45, 7) is -0.111. The number of hydrogen-bond acceptors (Lipinski definition) is 6. The standard InChI is InChI=1S/C32H33F3N6O5/c1-38(2)28(42)8-6-5-7-27(46-32(45)39(3)4)30(43)37-29-31(44)40(14-13-36-29)19-24-16-21-15-22(33)11-12-26(21)41(24)18-20-9-10-23(34)17-25(20)35/h6,8-17,27H,5,7,18-19H2,1-4H3,(H,36,37,43)/b8-6+. The molecule has 2 aromatic carbocycles. The topological polar surface area (TPSA) is 119 Å². The van der Waals surface area contributed by atoms with Gasteiger partial charge in [0.05, 0.1) is 13.1 Å². The number of rotatable bonds is 11. The maximum atomic E-state index is 14.6. The zero-order chi connectivity index (χ0) is 33.5. The predicted molar refractivity (Wildman–Crippen MR) is 165 cm³/mol. The van der Waals surface area contributed by atoms with Crippen LogP contribution in [0.1, 0.15) is 24.1 Å². The van der Waals surface area contributed by atoms with E-state index in [0.717, 1.165) is 17.0 Å². The zero-order valence-electron chi connectivity index (χ0n) is 25.7. The molecule has 0 spiro atoms. The van der Waals surface area contributed by atoms with Crippen LogP contribution >= 0.6 is 0 Å². The number of halogens is 3. The molecule has 1 atom stereocenters. The summed E-state index contributed by atoms with van der Waals surface area (Å²) in [6.07, 6.45) is 3.68. The van der Waals surface area contributed by atoms with Gasteiger partial charge in [0.25, 0.3) is 11.5 Å². The van der Waals surface area contributed by atoms with Gasteiger partial charge in [0.2, 0.25) is 5.91 Å². The number of hydrogen-bond donors (Lipinski definition) is 1. The number of nitrogens with zero attached hydrogens (tertiary/aromatic N) is 5. The van der Waals surface area contributed by atoms with Crippen molar-refractivity contribution in [3.05, 3.63) is 106 Å². The summed E-state index contributed by atoms with van der Waals surface area (Å²) in [4.78, 5) is 57.2. The summed E-state index contributed by atoms with van der Waals surface area (Å²) in [5.74, 6) is -3.37. The van der Waals surface area contributed by atoms with Crippen LogP contribution in [0.3, 0.4) is 0 Å². The van der Waals surface area contributed by atoms with Crippen molar-refractivity contribution >= 4 is 34.6 Å². The molecule has 3 amide bonds. The fourth-order valence-corrected chi connectivity index (χ4v) is 4.52. The van der Waals surface area contributed by atoms with Gasteiger partial charge >= 0.3 is 6.09 Å². The molecule has 242 valence electrons. The highest BCUT2D eigenvalue weighted by Crippen LogP contribution is 2.24. The fraction of sp³-hybridized carbons (Fsp3) is 0.281. The highest BCUT2D eigenvalue weighted by atomic mass is 19.1. The molecule has 1 N–H and O–H groups in total. The van der Waals surface area contributed by atoms with Crippen molar-refractivity contribution in [2.24, 2.45) is 0 Å². The van der Waals surface area contributed by atoms with Crippen LogP contribution in [-0.4, -0.2) is 76.1 Å². The molecule has 4 rings (SSSR count). The van der Waals surface area contributed by atoms with Gasteiger partial charge in [-0.25, -0.2) is 22.9 Å². The van der Waals surface area contributed by atoms with Gasteiger partial charge in [-0.2, -0.15) is 0 Å². The largest absolute Gasteiger partial charge is 0.436 e. The van der Waals surface area contributed by atoms with Crippen molar-refractivity contribution < 1.29 is 32.3 Å². The van der Waals surface area contributed by atoms with Gasteiger partial charge in [-0.3, -0.25) is 14.4 Å². The van der Waals surface area contributed by atoms with E-state index < -0.39 is 41.1 Å². The second-order valence-corrected chi connectivity index (χ2v) is 10.8. The van der Waals surface area contributed by atoms with Crippen molar-refractivity contribution in [1.82, 2.24) is 23.9 Å². The number of allylic oxidation sites excluding steroid dienone is 1. The van der Waals surface area contributed by atoms with E-state index in [0.29, 0.717) is 16.6 Å². The first-order valence-corrected chi connectivity index (χ1v) is 14.2. The van der Waals surface area contributed by atoms with Gasteiger partial charge in [0, 0.05) is 68.8 Å². The number of anilines is 1. The molecule has 0 aliphatic carbocycles. The summed E-state index contributed by atoms with van der Waals surface area (Å²) in [6, 6.07) is 8.95. The van der Waals surface area contributed by atoms with Gasteiger partial charge in [-0.1, -0.05) is 12.1 Å². The van der Waals surface area contributed by atoms with Crippen molar-refractivity contribution in [2.75, 3.05) is 33.5 Å². The van der Waals surface area contributed by atoms with Crippen LogP contribution in [0.4, 0.5) is 23.8 Å². The monoisotopic (exact) mass is 638 g/mol. The fourth-order valence-electron chi connectivity index (χ4n) is 4.52. The Morgan fingerprint density at radius 2 is 1.70 bits per heavy atom. The SMILES string of the molecule is CN(C)C(=O)/C=C/CCC(OC(=O)N(C)C)C(=O)Nc1nccn(Cc2cc3cc(F)ccc3n2Cc2ccc(F)cc2F)c1=O. The average Bonchev–Trinajstić information content (AvgIpc) is 3.32. The second-order valence-electron chi connectivity index (χ2n) is 10.8. The molecule has 1 unspecified atom stereocenters. The molecule has 0 bridgehead atoms. The van der Waals surface area contributed by atoms with E-state index >= 15 is 0 Å². The number of benzene rings is 2. The third kappa shape index (κ3) is 8.20. The highest BCUT2D eigenvalue weighted by Gasteiger charge is 2.25. The first kappa shape index (κ1) is 33.5. The Kier molecular flexibility index (Phi) is 10.6. The quantitative estimate of drug-likeness (QED) is 0.247. The lowest BCUT2D eigenvalue weighted by atomic mass is 10.1. The maximum Gasteiger partial charge on any atom is 0.410 e. The van der Waals surface area contributed by atoms with Gasteiger partial charge in [0.15, 0.2) is 11.9 Å². The van der Waals surface area contributed by atoms with Crippen molar-refractivity contribution in [2.45, 2.75) is 32.0 Å². The number of likely N-dealkylation sites (N-methyl/N-ethyl adjacent to an activating group) is 1. The molecule has 0 fully saturated rings. The summed E-state index contributed by atoms with van der Waals surface area (Å²) in [5.41, 5.74) is 0.536. The van der Waals surface area contributed by atoms with E-state index in [-0.39, 0.29) is 43.2 Å². The Bertz CT molecular complexity index is 1850. The molecule has 0 aliphatic rings. The number of aromatic nitrogens is 3. The third-order valence-electron chi connectivity index (χ3n) is 6.98. The Morgan fingerprint density at radius 3 is 2.39 bits per heavy atom. The van der Waals surface area contributed by atoms with Crippen LogP contribution in [0, 0.1) is 17.5 Å². The van der Waals surface area contributed by atoms with Crippen molar-refractivity contribution in [3.8, 4) is 0 Å². The summed E-state index contributed by atoms with van der Waals surface area (Å²) >= 11 is 0. The summed E-state index contributed by atoms with van der Waals surface area (Å²) in [5, 5.41) is 2.93. The molecule has 2 heterocycles. The van der Waals surface area contributed by atoms with E-state index in [4.69, 9.17) is 4.74 Å². The van der Waals surface area contributed by atoms with Gasteiger partial charge in [0.1, 0.15) is 17.5 Å². The molecule has 0 saturated heterocycles. The number of carbonyl (C=O) groups excluding carboxylic acids is 3. The van der Waals surface area contributed by atoms with Gasteiger partial charge in [-0.15, -0.1) is 0 Å². The summed E-state index contributed by atoms with van der Waals surface area (Å²) in [7, 11) is 6.07. The zero-order valence-corrected chi connectivity index (χ0v) is 25.7. The lowest BCUT2D eigenvalue weighted by Gasteiger charge is -2.19. The van der Waals surface area contributed by atoms with E-state index in [1.54, 1.807) is 30.8 Å². The number of fused-ring (bicyclic) bond motifs is 1. The first-order valence-electron chi connectivity index (χ1n) is 14.2. The molecule has 46 heavy (non-hydrogen) atoms. The van der Waals surface area contributed by atoms with Crippen LogP contribution in [0.5, 0.6) is 0 Å². The number of amides is 3. The minimum atomic E-state index is -1.31. The summed E-state index contributed by atoms with van der Waals surface area (Å²) < 4.78 is 50.4. The predicted octanol–water partition coefficient (Wildman–Crippen LogP) is 4.14. The lowest BCUT2D eigenvalue weighted by molar-refractivity contribution is -0.125.